The van der Waals surface area contributed by atoms with Crippen molar-refractivity contribution in [1.82, 2.24) is 0 Å². The second-order valence-corrected chi connectivity index (χ2v) is 6.11. The average molecular weight is 266 g/mol. The third-order valence-corrected chi connectivity index (χ3v) is 4.62. The molecule has 1 saturated carbocycles. The van der Waals surface area contributed by atoms with Crippen molar-refractivity contribution in [3.8, 4) is 0 Å². The molecule has 0 aromatic heterocycles. The van der Waals surface area contributed by atoms with Crippen LogP contribution in [0.25, 0.3) is 10.8 Å². The van der Waals surface area contributed by atoms with Crippen LogP contribution >= 0.6 is 0 Å². The van der Waals surface area contributed by atoms with E-state index in [0.717, 1.165) is 22.9 Å². The van der Waals surface area contributed by atoms with Crippen LogP contribution in [0.1, 0.15) is 54.4 Å². The highest BCUT2D eigenvalue weighted by Gasteiger charge is 2.20. The number of aryl methyl sites for hydroxylation is 1. The highest BCUT2D eigenvalue weighted by Crippen LogP contribution is 2.30. The summed E-state index contributed by atoms with van der Waals surface area (Å²) in [6.45, 7) is 2.06. The quantitative estimate of drug-likeness (QED) is 0.689. The monoisotopic (exact) mass is 266 g/mol. The summed E-state index contributed by atoms with van der Waals surface area (Å²) in [4.78, 5) is 12.7. The van der Waals surface area contributed by atoms with E-state index in [0.29, 0.717) is 11.7 Å². The van der Waals surface area contributed by atoms with Crippen LogP contribution in [0.15, 0.2) is 36.4 Å². The molecule has 3 rings (SSSR count). The smallest absolute Gasteiger partial charge is 0.164 e. The zero-order valence-electron chi connectivity index (χ0n) is 12.2. The molecule has 104 valence electrons. The fraction of sp³-hybridized carbons (Fsp3) is 0.421. The van der Waals surface area contributed by atoms with Gasteiger partial charge in [-0.25, -0.2) is 0 Å². The third-order valence-electron chi connectivity index (χ3n) is 4.62. The summed E-state index contributed by atoms with van der Waals surface area (Å²) >= 11 is 0. The molecule has 0 radical (unpaired) electrons. The van der Waals surface area contributed by atoms with Crippen LogP contribution in [0.3, 0.4) is 0 Å². The normalized spacial score (nSPS) is 16.4. The number of rotatable bonds is 3. The molecular weight excluding hydrogens is 244 g/mol. The van der Waals surface area contributed by atoms with Gasteiger partial charge < -0.3 is 0 Å². The van der Waals surface area contributed by atoms with E-state index < -0.39 is 0 Å². The summed E-state index contributed by atoms with van der Waals surface area (Å²) in [5, 5.41) is 2.29. The number of hydrogen-bond acceptors (Lipinski definition) is 1. The second kappa shape index (κ2) is 5.78. The molecule has 2 aromatic carbocycles. The summed E-state index contributed by atoms with van der Waals surface area (Å²) in [7, 11) is 0. The Labute approximate surface area is 121 Å². The highest BCUT2D eigenvalue weighted by molar-refractivity contribution is 6.09. The predicted molar refractivity (Wildman–Crippen MR) is 84.2 cm³/mol. The van der Waals surface area contributed by atoms with Gasteiger partial charge in [0.15, 0.2) is 5.78 Å². The highest BCUT2D eigenvalue weighted by atomic mass is 16.1. The van der Waals surface area contributed by atoms with Crippen molar-refractivity contribution in [3.63, 3.8) is 0 Å². The van der Waals surface area contributed by atoms with Crippen molar-refractivity contribution in [3.05, 3.63) is 47.5 Å². The maximum Gasteiger partial charge on any atom is 0.164 e. The number of ketones is 1. The largest absolute Gasteiger partial charge is 0.294 e. The van der Waals surface area contributed by atoms with Crippen LogP contribution in [0.4, 0.5) is 0 Å². The first-order valence-corrected chi connectivity index (χ1v) is 7.77. The lowest BCUT2D eigenvalue weighted by Crippen LogP contribution is -2.13. The topological polar surface area (TPSA) is 17.1 Å². The summed E-state index contributed by atoms with van der Waals surface area (Å²) < 4.78 is 0. The predicted octanol–water partition coefficient (Wildman–Crippen LogP) is 5.30. The third kappa shape index (κ3) is 2.63. The Morgan fingerprint density at radius 3 is 2.60 bits per heavy atom. The Morgan fingerprint density at radius 1 is 1.05 bits per heavy atom. The molecule has 0 heterocycles. The fourth-order valence-corrected chi connectivity index (χ4v) is 3.51. The molecule has 2 aromatic rings. The Bertz CT molecular complexity index is 621. The maximum atomic E-state index is 12.7. The molecule has 0 N–H and O–H groups in total. The molecule has 1 nitrogen and oxygen atoms in total. The van der Waals surface area contributed by atoms with Crippen LogP contribution in [0.5, 0.6) is 0 Å². The van der Waals surface area contributed by atoms with Gasteiger partial charge in [0.1, 0.15) is 0 Å². The van der Waals surface area contributed by atoms with Crippen LogP contribution in [0, 0.1) is 12.8 Å². The lowest BCUT2D eigenvalue weighted by molar-refractivity contribution is 0.0951. The van der Waals surface area contributed by atoms with Gasteiger partial charge in [-0.3, -0.25) is 4.79 Å². The van der Waals surface area contributed by atoms with Gasteiger partial charge in [0, 0.05) is 12.0 Å². The Kier molecular flexibility index (Phi) is 3.86. The molecule has 1 aliphatic carbocycles. The summed E-state index contributed by atoms with van der Waals surface area (Å²) in [5.41, 5.74) is 2.07. The van der Waals surface area contributed by atoms with Crippen LogP contribution in [0.2, 0.25) is 0 Å². The molecule has 0 bridgehead atoms. The van der Waals surface area contributed by atoms with Gasteiger partial charge >= 0.3 is 0 Å². The molecule has 1 fully saturated rings. The fourth-order valence-electron chi connectivity index (χ4n) is 3.51. The molecule has 0 amide bonds. The number of fused-ring (bicyclic) bond motifs is 1. The van der Waals surface area contributed by atoms with Crippen LogP contribution < -0.4 is 0 Å². The molecule has 0 spiro atoms. The minimum atomic E-state index is 0.339. The first-order chi connectivity index (χ1) is 9.75. The molecule has 0 aliphatic heterocycles. The number of Topliss-reactive ketones (excluding diaryl/α,β-unsaturated/α-hetero) is 1. The second-order valence-electron chi connectivity index (χ2n) is 6.11. The summed E-state index contributed by atoms with van der Waals surface area (Å²) in [5.74, 6) is 0.945. The number of benzene rings is 2. The summed E-state index contributed by atoms with van der Waals surface area (Å²) in [6, 6.07) is 12.4. The Hall–Kier alpha value is -1.63. The molecule has 0 saturated heterocycles. The van der Waals surface area contributed by atoms with Gasteiger partial charge in [-0.05, 0) is 29.2 Å². The first kappa shape index (κ1) is 13.4. The van der Waals surface area contributed by atoms with Crippen molar-refractivity contribution in [2.75, 3.05) is 0 Å². The summed E-state index contributed by atoms with van der Waals surface area (Å²) in [6.07, 6.45) is 7.14. The molecule has 0 unspecified atom stereocenters. The van der Waals surface area contributed by atoms with Crippen molar-refractivity contribution in [1.29, 1.82) is 0 Å². The van der Waals surface area contributed by atoms with E-state index >= 15 is 0 Å². The molecular formula is C19H22O. The van der Waals surface area contributed by atoms with E-state index in [2.05, 4.69) is 31.2 Å². The van der Waals surface area contributed by atoms with Crippen molar-refractivity contribution >= 4 is 16.6 Å². The molecule has 20 heavy (non-hydrogen) atoms. The van der Waals surface area contributed by atoms with Crippen LogP contribution in [-0.2, 0) is 0 Å². The maximum absolute atomic E-state index is 12.7. The van der Waals surface area contributed by atoms with E-state index in [9.17, 15) is 4.79 Å². The minimum Gasteiger partial charge on any atom is -0.294 e. The van der Waals surface area contributed by atoms with Gasteiger partial charge in [0.25, 0.3) is 0 Å². The van der Waals surface area contributed by atoms with Gasteiger partial charge in [-0.2, -0.15) is 0 Å². The lowest BCUT2D eigenvalue weighted by Gasteiger charge is -2.21. The van der Waals surface area contributed by atoms with Crippen molar-refractivity contribution in [2.24, 2.45) is 5.92 Å². The van der Waals surface area contributed by atoms with E-state index in [4.69, 9.17) is 0 Å². The van der Waals surface area contributed by atoms with E-state index in [-0.39, 0.29) is 0 Å². The van der Waals surface area contributed by atoms with E-state index in [1.807, 2.05) is 12.1 Å². The molecule has 1 aliphatic rings. The first-order valence-electron chi connectivity index (χ1n) is 7.77. The standard InChI is InChI=1S/C19H22O/c1-14-11-12-16-9-5-6-10-17(16)19(14)18(20)13-15-7-3-2-4-8-15/h5-6,9-12,15H,2-4,7-8,13H2,1H3. The van der Waals surface area contributed by atoms with Gasteiger partial charge in [-0.15, -0.1) is 0 Å². The van der Waals surface area contributed by atoms with Crippen molar-refractivity contribution in [2.45, 2.75) is 45.4 Å². The SMILES string of the molecule is Cc1ccc2ccccc2c1C(=O)CC1CCCCC1. The van der Waals surface area contributed by atoms with E-state index in [1.54, 1.807) is 0 Å². The van der Waals surface area contributed by atoms with Gasteiger partial charge in [0.2, 0.25) is 0 Å². The van der Waals surface area contributed by atoms with Crippen molar-refractivity contribution < 1.29 is 4.79 Å². The number of carbonyl (C=O) groups is 1. The zero-order valence-corrected chi connectivity index (χ0v) is 12.2. The van der Waals surface area contributed by atoms with Gasteiger partial charge in [0.05, 0.1) is 0 Å². The molecule has 0 atom stereocenters. The average Bonchev–Trinajstić information content (AvgIpc) is 2.48. The minimum absolute atomic E-state index is 0.339. The van der Waals surface area contributed by atoms with Gasteiger partial charge in [-0.1, -0.05) is 68.5 Å². The zero-order chi connectivity index (χ0) is 13.9. The number of hydrogen-bond donors (Lipinski definition) is 0. The Morgan fingerprint density at radius 2 is 1.80 bits per heavy atom. The molecule has 1 heteroatoms. The van der Waals surface area contributed by atoms with Crippen LogP contribution in [-0.4, -0.2) is 5.78 Å². The Balaban J connectivity index is 1.92. The number of carbonyl (C=O) groups excluding carboxylic acids is 1. The van der Waals surface area contributed by atoms with E-state index in [1.165, 1.54) is 37.5 Å². The lowest BCUT2D eigenvalue weighted by atomic mass is 9.83.